The lowest BCUT2D eigenvalue weighted by atomic mass is 10.1. The molecule has 0 bridgehead atoms. The van der Waals surface area contributed by atoms with E-state index in [1.807, 2.05) is 0 Å². The molecule has 1 aromatic heterocycles. The van der Waals surface area contributed by atoms with Gasteiger partial charge in [-0.25, -0.2) is 9.78 Å². The second kappa shape index (κ2) is 12.5. The largest absolute Gasteiger partial charge is 0.481 e. The van der Waals surface area contributed by atoms with Crippen molar-refractivity contribution in [2.75, 3.05) is 5.75 Å². The number of aliphatic carboxylic acids is 2. The summed E-state index contributed by atoms with van der Waals surface area (Å²) in [4.78, 5) is 65.2. The first-order chi connectivity index (χ1) is 14.5. The Kier molecular flexibility index (Phi) is 10.5. The van der Waals surface area contributed by atoms with Crippen molar-refractivity contribution in [3.8, 4) is 0 Å². The number of nitrogens with zero attached hydrogens (tertiary/aromatic N) is 1. The molecule has 0 aliphatic heterocycles. The molecule has 0 fully saturated rings. The normalized spacial score (nSPS) is 14.5. The number of nitrogens with two attached hydrogens (primary N) is 1. The number of hydrogen-bond acceptors (Lipinski definition) is 8. The Balaban J connectivity index is 2.63. The van der Waals surface area contributed by atoms with Crippen LogP contribution in [0.3, 0.4) is 0 Å². The fraction of sp³-hybridized carbons (Fsp3) is 0.529. The van der Waals surface area contributed by atoms with Crippen molar-refractivity contribution >= 4 is 42.3 Å². The minimum absolute atomic E-state index is 0.0466. The minimum Gasteiger partial charge on any atom is -0.481 e. The summed E-state index contributed by atoms with van der Waals surface area (Å²) in [6.07, 6.45) is 2.33. The van der Waals surface area contributed by atoms with Crippen LogP contribution in [-0.2, 0) is 30.4 Å². The highest BCUT2D eigenvalue weighted by Crippen LogP contribution is 2.01. The van der Waals surface area contributed by atoms with Gasteiger partial charge in [0.25, 0.3) is 0 Å². The number of H-pyrrole nitrogens is 1. The first kappa shape index (κ1) is 25.9. The highest BCUT2D eigenvalue weighted by molar-refractivity contribution is 7.80. The van der Waals surface area contributed by atoms with Crippen LogP contribution in [0, 0.1) is 0 Å². The van der Waals surface area contributed by atoms with Gasteiger partial charge in [0.05, 0.1) is 12.4 Å². The molecule has 0 radical (unpaired) electrons. The molecule has 0 aromatic carbocycles. The predicted octanol–water partition coefficient (Wildman–Crippen LogP) is -2.37. The van der Waals surface area contributed by atoms with E-state index in [1.165, 1.54) is 19.4 Å². The van der Waals surface area contributed by atoms with Crippen LogP contribution in [0.1, 0.15) is 25.5 Å². The first-order valence-corrected chi connectivity index (χ1v) is 9.87. The van der Waals surface area contributed by atoms with Crippen LogP contribution in [-0.4, -0.2) is 79.8 Å². The molecule has 14 heteroatoms. The van der Waals surface area contributed by atoms with Gasteiger partial charge in [-0.3, -0.25) is 19.2 Å². The van der Waals surface area contributed by atoms with Crippen LogP contribution in [0.5, 0.6) is 0 Å². The Morgan fingerprint density at radius 3 is 2.26 bits per heavy atom. The number of aromatic nitrogens is 2. The zero-order valence-corrected chi connectivity index (χ0v) is 17.6. The lowest BCUT2D eigenvalue weighted by molar-refractivity contribution is -0.142. The molecular weight excluding hydrogens is 432 g/mol. The standard InChI is InChI=1S/C17H26N6O7S/c1-8(21-15(27)10(18)2-3-13(24)25)14(26)23-12(6-31)16(28)22-11(17(29)30)4-9-5-19-7-20-9/h5,7-8,10-12,31H,2-4,6,18H2,1H3,(H,19,20)(H,21,27)(H,22,28)(H,23,26)(H,24,25)(H,29,30). The number of amides is 3. The Hall–Kier alpha value is -3.13. The fourth-order valence-electron chi connectivity index (χ4n) is 2.38. The number of aromatic amines is 1. The summed E-state index contributed by atoms with van der Waals surface area (Å²) in [6, 6.07) is -4.64. The molecular formula is C17H26N6O7S. The number of hydrogen-bond donors (Lipinski definition) is 8. The van der Waals surface area contributed by atoms with Crippen molar-refractivity contribution in [3.63, 3.8) is 0 Å². The van der Waals surface area contributed by atoms with Gasteiger partial charge in [-0.2, -0.15) is 12.6 Å². The van der Waals surface area contributed by atoms with Gasteiger partial charge >= 0.3 is 11.9 Å². The summed E-state index contributed by atoms with van der Waals surface area (Å²) in [5, 5.41) is 25.0. The van der Waals surface area contributed by atoms with Crippen LogP contribution in [0.4, 0.5) is 0 Å². The van der Waals surface area contributed by atoms with E-state index in [-0.39, 0.29) is 25.0 Å². The molecule has 3 amide bonds. The zero-order valence-electron chi connectivity index (χ0n) is 16.7. The van der Waals surface area contributed by atoms with E-state index in [2.05, 4.69) is 38.5 Å². The minimum atomic E-state index is -1.27. The molecule has 31 heavy (non-hydrogen) atoms. The maximum Gasteiger partial charge on any atom is 0.326 e. The van der Waals surface area contributed by atoms with E-state index in [1.54, 1.807) is 0 Å². The molecule has 4 unspecified atom stereocenters. The number of carbonyl (C=O) groups is 5. The summed E-state index contributed by atoms with van der Waals surface area (Å²) in [7, 11) is 0. The average molecular weight is 458 g/mol. The van der Waals surface area contributed by atoms with Gasteiger partial charge in [0.2, 0.25) is 17.7 Å². The van der Waals surface area contributed by atoms with Crippen molar-refractivity contribution in [2.24, 2.45) is 5.73 Å². The molecule has 172 valence electrons. The molecule has 0 aliphatic rings. The van der Waals surface area contributed by atoms with Gasteiger partial charge in [0, 0.05) is 30.5 Å². The van der Waals surface area contributed by atoms with Gasteiger partial charge in [-0.1, -0.05) is 0 Å². The second-order valence-electron chi connectivity index (χ2n) is 6.69. The number of carboxylic acid groups (broad SMARTS) is 2. The predicted molar refractivity (Wildman–Crippen MR) is 110 cm³/mol. The third-order valence-electron chi connectivity index (χ3n) is 4.17. The zero-order chi connectivity index (χ0) is 23.6. The summed E-state index contributed by atoms with van der Waals surface area (Å²) in [6.45, 7) is 1.35. The molecule has 0 saturated heterocycles. The topological polar surface area (TPSA) is 217 Å². The van der Waals surface area contributed by atoms with Gasteiger partial charge in [0.1, 0.15) is 18.1 Å². The van der Waals surface area contributed by atoms with Crippen LogP contribution in [0.2, 0.25) is 0 Å². The quantitative estimate of drug-likeness (QED) is 0.148. The number of nitrogens with one attached hydrogen (secondary N) is 4. The molecule has 1 aromatic rings. The summed E-state index contributed by atoms with van der Waals surface area (Å²) >= 11 is 4.01. The van der Waals surface area contributed by atoms with E-state index in [0.29, 0.717) is 5.69 Å². The molecule has 0 aliphatic carbocycles. The lowest BCUT2D eigenvalue weighted by Gasteiger charge is -2.22. The highest BCUT2D eigenvalue weighted by atomic mass is 32.1. The number of imidazole rings is 1. The number of thiol groups is 1. The summed E-state index contributed by atoms with van der Waals surface area (Å²) in [5.41, 5.74) is 6.08. The van der Waals surface area contributed by atoms with Gasteiger partial charge < -0.3 is 36.9 Å². The second-order valence-corrected chi connectivity index (χ2v) is 7.06. The van der Waals surface area contributed by atoms with Gasteiger partial charge in [-0.05, 0) is 13.3 Å². The van der Waals surface area contributed by atoms with E-state index in [9.17, 15) is 29.1 Å². The number of carbonyl (C=O) groups excluding carboxylic acids is 3. The Labute approximate surface area is 183 Å². The Bertz CT molecular complexity index is 788. The summed E-state index contributed by atoms with van der Waals surface area (Å²) < 4.78 is 0. The maximum atomic E-state index is 12.4. The van der Waals surface area contributed by atoms with E-state index in [4.69, 9.17) is 10.8 Å². The smallest absolute Gasteiger partial charge is 0.326 e. The molecule has 1 rings (SSSR count). The van der Waals surface area contributed by atoms with Crippen molar-refractivity contribution in [2.45, 2.75) is 50.4 Å². The fourth-order valence-corrected chi connectivity index (χ4v) is 2.63. The van der Waals surface area contributed by atoms with E-state index >= 15 is 0 Å². The van der Waals surface area contributed by atoms with E-state index < -0.39 is 53.8 Å². The molecule has 1 heterocycles. The van der Waals surface area contributed by atoms with Crippen molar-refractivity contribution < 1.29 is 34.2 Å². The van der Waals surface area contributed by atoms with Crippen LogP contribution >= 0.6 is 12.6 Å². The molecule has 4 atom stereocenters. The van der Waals surface area contributed by atoms with E-state index in [0.717, 1.165) is 0 Å². The molecule has 0 spiro atoms. The summed E-state index contributed by atoms with van der Waals surface area (Å²) in [5.74, 6) is -4.74. The Morgan fingerprint density at radius 2 is 1.74 bits per heavy atom. The number of rotatable bonds is 13. The monoisotopic (exact) mass is 458 g/mol. The van der Waals surface area contributed by atoms with Gasteiger partial charge in [0.15, 0.2) is 0 Å². The average Bonchev–Trinajstić information content (AvgIpc) is 3.22. The maximum absolute atomic E-state index is 12.4. The molecule has 8 N–H and O–H groups in total. The Morgan fingerprint density at radius 1 is 1.10 bits per heavy atom. The van der Waals surface area contributed by atoms with Crippen molar-refractivity contribution in [1.29, 1.82) is 0 Å². The highest BCUT2D eigenvalue weighted by Gasteiger charge is 2.28. The number of carboxylic acids is 2. The van der Waals surface area contributed by atoms with Crippen LogP contribution < -0.4 is 21.7 Å². The van der Waals surface area contributed by atoms with Crippen molar-refractivity contribution in [3.05, 3.63) is 18.2 Å². The molecule has 0 saturated carbocycles. The van der Waals surface area contributed by atoms with Crippen LogP contribution in [0.25, 0.3) is 0 Å². The third kappa shape index (κ3) is 9.04. The van der Waals surface area contributed by atoms with Crippen molar-refractivity contribution in [1.82, 2.24) is 25.9 Å². The SMILES string of the molecule is CC(NC(=O)C(N)CCC(=O)O)C(=O)NC(CS)C(=O)NC(Cc1cnc[nH]1)C(=O)O. The lowest BCUT2D eigenvalue weighted by Crippen LogP contribution is -2.57. The molecule has 13 nitrogen and oxygen atoms in total. The first-order valence-electron chi connectivity index (χ1n) is 9.24. The van der Waals surface area contributed by atoms with Crippen LogP contribution in [0.15, 0.2) is 12.5 Å². The third-order valence-corrected chi connectivity index (χ3v) is 4.53. The van der Waals surface area contributed by atoms with Gasteiger partial charge in [-0.15, -0.1) is 0 Å².